The van der Waals surface area contributed by atoms with Gasteiger partial charge in [0.25, 0.3) is 0 Å². The normalized spacial score (nSPS) is 13.4. The fraction of sp³-hybridized carbons (Fsp3) is 0.164. The van der Waals surface area contributed by atoms with Gasteiger partial charge in [-0.3, -0.25) is 0 Å². The molecule has 0 spiro atoms. The van der Waals surface area contributed by atoms with Crippen molar-refractivity contribution in [1.29, 1.82) is 0 Å². The molecule has 0 radical (unpaired) electrons. The SMILES string of the molecule is CC(C)(C)c1ccnc(N2c3ccncc3[Se]c3ccc(Oc4cccc(N5CN(c6c(-c7ccccc7)cccc6-c6ccccc6)c6ccc(C(C)(C)C)cc65)c4)cc32)c1. The van der Waals surface area contributed by atoms with Crippen molar-refractivity contribution in [3.8, 4) is 33.8 Å². The Balaban J connectivity index is 1.04. The van der Waals surface area contributed by atoms with Crippen molar-refractivity contribution in [3.63, 3.8) is 0 Å². The molecular formula is C55H49N5OSe. The summed E-state index contributed by atoms with van der Waals surface area (Å²) in [4.78, 5) is 16.6. The second-order valence-electron chi connectivity index (χ2n) is 18.0. The van der Waals surface area contributed by atoms with Crippen molar-refractivity contribution < 1.29 is 4.74 Å². The Hall–Kier alpha value is -6.66. The molecule has 0 fully saturated rings. The molecule has 306 valence electrons. The standard InChI is InChI=1S/C55H49N5OSe/c1-54(2,3)39-23-25-46-48(31-39)58(36-59(46)53-44(37-15-9-7-10-16-37)21-14-22-45(53)38-17-11-8-12-18-38)41-19-13-20-42(33-41)61-43-24-26-50-49(34-43)60(47-28-29-56-35-51(47)62-50)52-32-40(27-30-57-52)55(4,5)6/h7-35H,36H2,1-6H3. The third kappa shape index (κ3) is 7.42. The summed E-state index contributed by atoms with van der Waals surface area (Å²) in [5, 5.41) is 0. The topological polar surface area (TPSA) is 44.7 Å². The number of benzene rings is 6. The van der Waals surface area contributed by atoms with Gasteiger partial charge >= 0.3 is 240 Å². The molecule has 6 aromatic carbocycles. The number of hydrogen-bond donors (Lipinski definition) is 0. The van der Waals surface area contributed by atoms with Crippen molar-refractivity contribution in [2.75, 3.05) is 21.4 Å². The number of nitrogens with zero attached hydrogens (tertiary/aromatic N) is 5. The zero-order valence-corrected chi connectivity index (χ0v) is 37.7. The van der Waals surface area contributed by atoms with Crippen LogP contribution in [-0.4, -0.2) is 31.6 Å². The van der Waals surface area contributed by atoms with E-state index >= 15 is 0 Å². The zero-order chi connectivity index (χ0) is 42.6. The first-order valence-electron chi connectivity index (χ1n) is 21.2. The van der Waals surface area contributed by atoms with Gasteiger partial charge in [0.15, 0.2) is 0 Å². The Morgan fingerprint density at radius 2 is 1.19 bits per heavy atom. The van der Waals surface area contributed by atoms with Crippen LogP contribution in [0.4, 0.5) is 39.9 Å². The third-order valence-electron chi connectivity index (χ3n) is 11.8. The summed E-state index contributed by atoms with van der Waals surface area (Å²) >= 11 is 0.0793. The number of para-hydroxylation sites is 1. The molecule has 0 saturated carbocycles. The van der Waals surface area contributed by atoms with Gasteiger partial charge in [0.1, 0.15) is 0 Å². The van der Waals surface area contributed by atoms with Crippen LogP contribution >= 0.6 is 0 Å². The predicted molar refractivity (Wildman–Crippen MR) is 259 cm³/mol. The maximum atomic E-state index is 6.83. The van der Waals surface area contributed by atoms with Crippen molar-refractivity contribution in [2.45, 2.75) is 52.4 Å². The second kappa shape index (κ2) is 15.7. The van der Waals surface area contributed by atoms with Gasteiger partial charge in [-0.15, -0.1) is 0 Å². The van der Waals surface area contributed by atoms with Gasteiger partial charge in [0.05, 0.1) is 0 Å². The number of fused-ring (bicyclic) bond motifs is 3. The van der Waals surface area contributed by atoms with Crippen molar-refractivity contribution >= 4 is 63.8 Å². The maximum absolute atomic E-state index is 6.83. The average Bonchev–Trinajstić information content (AvgIpc) is 3.67. The van der Waals surface area contributed by atoms with E-state index in [9.17, 15) is 0 Å². The molecule has 4 heterocycles. The van der Waals surface area contributed by atoms with Crippen LogP contribution in [0.2, 0.25) is 0 Å². The van der Waals surface area contributed by atoms with E-state index in [1.165, 1.54) is 59.4 Å². The first-order valence-corrected chi connectivity index (χ1v) is 22.9. The minimum absolute atomic E-state index is 0.0199. The molecule has 2 aromatic heterocycles. The fourth-order valence-electron chi connectivity index (χ4n) is 8.49. The van der Waals surface area contributed by atoms with Crippen LogP contribution in [0.15, 0.2) is 176 Å². The van der Waals surface area contributed by atoms with Crippen LogP contribution in [0.25, 0.3) is 22.3 Å². The summed E-state index contributed by atoms with van der Waals surface area (Å²) in [6, 6.07) is 56.6. The summed E-state index contributed by atoms with van der Waals surface area (Å²) in [5.41, 5.74) is 14.0. The predicted octanol–water partition coefficient (Wildman–Crippen LogP) is 12.9. The van der Waals surface area contributed by atoms with Crippen LogP contribution in [-0.2, 0) is 10.8 Å². The number of ether oxygens (including phenoxy) is 1. The van der Waals surface area contributed by atoms with Crippen molar-refractivity contribution in [2.24, 2.45) is 0 Å². The van der Waals surface area contributed by atoms with Gasteiger partial charge in [0.2, 0.25) is 0 Å². The minimum atomic E-state index is -0.0293. The van der Waals surface area contributed by atoms with E-state index in [1.807, 2.05) is 18.6 Å². The Bertz CT molecular complexity index is 2880. The van der Waals surface area contributed by atoms with Crippen LogP contribution < -0.4 is 28.4 Å². The Morgan fingerprint density at radius 1 is 0.516 bits per heavy atom. The molecule has 0 unspecified atom stereocenters. The van der Waals surface area contributed by atoms with Gasteiger partial charge in [-0.25, -0.2) is 0 Å². The Labute approximate surface area is 371 Å². The van der Waals surface area contributed by atoms with Crippen LogP contribution in [0.3, 0.4) is 0 Å². The molecule has 8 aromatic rings. The van der Waals surface area contributed by atoms with E-state index in [4.69, 9.17) is 9.72 Å². The molecule has 0 bridgehead atoms. The molecule has 2 aliphatic heterocycles. The number of anilines is 7. The van der Waals surface area contributed by atoms with E-state index in [1.54, 1.807) is 0 Å². The van der Waals surface area contributed by atoms with Gasteiger partial charge in [-0.1, -0.05) is 106 Å². The molecular weight excluding hydrogens is 826 g/mol. The van der Waals surface area contributed by atoms with Gasteiger partial charge in [-0.2, -0.15) is 0 Å². The summed E-state index contributed by atoms with van der Waals surface area (Å²) in [6.07, 6.45) is 5.80. The van der Waals surface area contributed by atoms with Crippen molar-refractivity contribution in [1.82, 2.24) is 9.97 Å². The number of hydrogen-bond acceptors (Lipinski definition) is 6. The quantitative estimate of drug-likeness (QED) is 0.149. The van der Waals surface area contributed by atoms with Crippen LogP contribution in [0.1, 0.15) is 52.7 Å². The first-order chi connectivity index (χ1) is 30.0. The van der Waals surface area contributed by atoms with E-state index in [2.05, 4.69) is 219 Å². The Kier molecular flexibility index (Phi) is 9.97. The molecule has 62 heavy (non-hydrogen) atoms. The Morgan fingerprint density at radius 3 is 1.90 bits per heavy atom. The van der Waals surface area contributed by atoms with Crippen molar-refractivity contribution in [3.05, 3.63) is 187 Å². The summed E-state index contributed by atoms with van der Waals surface area (Å²) in [7, 11) is 0. The summed E-state index contributed by atoms with van der Waals surface area (Å²) < 4.78 is 9.32. The first kappa shape index (κ1) is 39.5. The van der Waals surface area contributed by atoms with Gasteiger partial charge in [0, 0.05) is 11.1 Å². The van der Waals surface area contributed by atoms with Crippen LogP contribution in [0.5, 0.6) is 11.5 Å². The van der Waals surface area contributed by atoms with E-state index < -0.39 is 0 Å². The van der Waals surface area contributed by atoms with E-state index in [0.29, 0.717) is 6.67 Å². The number of pyridine rings is 2. The van der Waals surface area contributed by atoms with E-state index in [0.717, 1.165) is 34.4 Å². The van der Waals surface area contributed by atoms with Gasteiger partial charge < -0.3 is 0 Å². The van der Waals surface area contributed by atoms with Crippen LogP contribution in [0, 0.1) is 0 Å². The molecule has 0 saturated heterocycles. The fourth-order valence-corrected chi connectivity index (χ4v) is 10.6. The zero-order valence-electron chi connectivity index (χ0n) is 36.0. The molecule has 10 rings (SSSR count). The molecule has 0 aliphatic carbocycles. The molecule has 6 nitrogen and oxygen atoms in total. The average molecular weight is 875 g/mol. The molecule has 2 aliphatic rings. The molecule has 0 N–H and O–H groups in total. The summed E-state index contributed by atoms with van der Waals surface area (Å²) in [6.45, 7) is 14.2. The summed E-state index contributed by atoms with van der Waals surface area (Å²) in [5.74, 6) is 2.43. The molecule has 0 amide bonds. The monoisotopic (exact) mass is 875 g/mol. The van der Waals surface area contributed by atoms with E-state index in [-0.39, 0.29) is 25.8 Å². The third-order valence-corrected chi connectivity index (χ3v) is 14.1. The van der Waals surface area contributed by atoms with Gasteiger partial charge in [-0.05, 0) is 16.5 Å². The second-order valence-corrected chi connectivity index (χ2v) is 20.3. The molecule has 7 heteroatoms. The molecule has 0 atom stereocenters. The number of rotatable bonds is 7. The number of aromatic nitrogens is 2.